The normalized spacial score (nSPS) is 14.7. The molecule has 0 nitrogen and oxygen atoms in total. The van der Waals surface area contributed by atoms with Crippen molar-refractivity contribution in [1.82, 2.24) is 0 Å². The van der Waals surface area contributed by atoms with Crippen molar-refractivity contribution in [3.63, 3.8) is 0 Å². The van der Waals surface area contributed by atoms with Crippen LogP contribution in [0.4, 0.5) is 0 Å². The number of hydrogen-bond acceptors (Lipinski definition) is 0. The molecule has 66 valence electrons. The highest BCUT2D eigenvalue weighted by molar-refractivity contribution is 7.66. The lowest BCUT2D eigenvalue weighted by Gasteiger charge is -2.22. The summed E-state index contributed by atoms with van der Waals surface area (Å²) < 4.78 is 0. The lowest BCUT2D eigenvalue weighted by molar-refractivity contribution is 1.18. The lowest BCUT2D eigenvalue weighted by Crippen LogP contribution is -2.30. The molecule has 0 aromatic rings. The molecule has 1 atom stereocenters. The van der Waals surface area contributed by atoms with E-state index in [-0.39, 0.29) is 5.44 Å². The fourth-order valence-corrected chi connectivity index (χ4v) is 3.87. The van der Waals surface area contributed by atoms with E-state index in [1.165, 1.54) is 0 Å². The molecule has 0 N–H and O–H groups in total. The molecule has 0 bridgehead atoms. The Bertz CT molecular complexity index is 111. The van der Waals surface area contributed by atoms with Crippen LogP contribution in [-0.2, 0) is 0 Å². The van der Waals surface area contributed by atoms with Crippen LogP contribution in [-0.4, -0.2) is 12.7 Å². The smallest absolute Gasteiger partial charge is 0.126 e. The third-order valence-electron chi connectivity index (χ3n) is 2.27. The molecule has 11 heavy (non-hydrogen) atoms. The monoisotopic (exact) mass is 230 g/mol. The Morgan fingerprint density at radius 1 is 1.18 bits per heavy atom. The van der Waals surface area contributed by atoms with E-state index < -0.39 is 6.00 Å². The van der Waals surface area contributed by atoms with E-state index in [0.717, 1.165) is 12.6 Å². The summed E-state index contributed by atoms with van der Waals surface area (Å²) in [6.45, 7) is 6.93. The van der Waals surface area contributed by atoms with Crippen LogP contribution >= 0.6 is 33.2 Å². The first-order valence-electron chi connectivity index (χ1n) is 4.00. The molecule has 0 aliphatic heterocycles. The van der Waals surface area contributed by atoms with Gasteiger partial charge in [0, 0.05) is 0 Å². The van der Waals surface area contributed by atoms with Gasteiger partial charge in [-0.05, 0) is 5.44 Å². The Hall–Kier alpha value is 1.15. The molecule has 0 rings (SSSR count). The maximum absolute atomic E-state index is 5.91. The van der Waals surface area contributed by atoms with Crippen LogP contribution in [0.15, 0.2) is 0 Å². The van der Waals surface area contributed by atoms with Crippen molar-refractivity contribution in [2.75, 3.05) is 0 Å². The highest BCUT2D eigenvalue weighted by Crippen LogP contribution is 2.37. The predicted octanol–water partition coefficient (Wildman–Crippen LogP) is 4.11. The molecule has 0 fully saturated rings. The molecule has 0 radical (unpaired) electrons. The third-order valence-corrected chi connectivity index (χ3v) is 6.87. The van der Waals surface area contributed by atoms with E-state index >= 15 is 0 Å². The molecule has 0 amide bonds. The molecule has 0 heterocycles. The molecular weight excluding hydrogens is 217 g/mol. The summed E-state index contributed by atoms with van der Waals surface area (Å²) in [7, 11) is 0. The van der Waals surface area contributed by atoms with Crippen LogP contribution in [0.2, 0.25) is 18.1 Å². The standard InChI is InChI=1S/C6H14BCl3Si/c1-4-7(5-2)6(3)11(8,9)10/h6H,4-5H2,1-3H3. The molecule has 0 saturated heterocycles. The lowest BCUT2D eigenvalue weighted by atomic mass is 9.43. The van der Waals surface area contributed by atoms with Gasteiger partial charge in [-0.3, -0.25) is 0 Å². The number of hydrogen-bond donors (Lipinski definition) is 0. The second-order valence-electron chi connectivity index (χ2n) is 2.91. The van der Waals surface area contributed by atoms with Gasteiger partial charge in [0.2, 0.25) is 0 Å². The summed E-state index contributed by atoms with van der Waals surface area (Å²) in [6.07, 6.45) is 2.22. The highest BCUT2D eigenvalue weighted by Gasteiger charge is 2.38. The molecule has 0 spiro atoms. The summed E-state index contributed by atoms with van der Waals surface area (Å²) >= 11 is 17.7. The molecule has 5 heteroatoms. The average Bonchev–Trinajstić information content (AvgIpc) is 1.88. The van der Waals surface area contributed by atoms with Crippen molar-refractivity contribution < 1.29 is 0 Å². The van der Waals surface area contributed by atoms with Gasteiger partial charge < -0.3 is 0 Å². The van der Waals surface area contributed by atoms with E-state index in [0.29, 0.717) is 6.71 Å². The summed E-state index contributed by atoms with van der Waals surface area (Å²) in [6, 6.07) is -2.45. The zero-order valence-electron chi connectivity index (χ0n) is 7.20. The van der Waals surface area contributed by atoms with Crippen LogP contribution in [0.5, 0.6) is 0 Å². The molecule has 1 unspecified atom stereocenters. The fourth-order valence-electron chi connectivity index (χ4n) is 1.26. The van der Waals surface area contributed by atoms with Gasteiger partial charge in [0.15, 0.2) is 0 Å². The molecular formula is C6H14BCl3Si. The Kier molecular flexibility index (Phi) is 5.53. The van der Waals surface area contributed by atoms with Crippen molar-refractivity contribution >= 4 is 46.0 Å². The molecule has 0 saturated carbocycles. The predicted molar refractivity (Wildman–Crippen MR) is 59.5 cm³/mol. The maximum atomic E-state index is 5.91. The average molecular weight is 231 g/mol. The third kappa shape index (κ3) is 4.07. The topological polar surface area (TPSA) is 0 Å². The highest BCUT2D eigenvalue weighted by atomic mass is 35.8. The van der Waals surface area contributed by atoms with Gasteiger partial charge in [0.05, 0.1) is 0 Å². The van der Waals surface area contributed by atoms with Crippen molar-refractivity contribution in [3.8, 4) is 0 Å². The van der Waals surface area contributed by atoms with Crippen molar-refractivity contribution in [3.05, 3.63) is 0 Å². The van der Waals surface area contributed by atoms with E-state index in [1.807, 2.05) is 0 Å². The van der Waals surface area contributed by atoms with Crippen molar-refractivity contribution in [1.29, 1.82) is 0 Å². The SMILES string of the molecule is CCB(CC)C(C)[Si](Cl)(Cl)Cl. The minimum Gasteiger partial charge on any atom is -0.126 e. The molecule has 0 aliphatic rings. The summed E-state index contributed by atoms with van der Waals surface area (Å²) in [5.41, 5.74) is 0.280. The zero-order valence-corrected chi connectivity index (χ0v) is 10.5. The number of rotatable bonds is 4. The second kappa shape index (κ2) is 5.01. The van der Waals surface area contributed by atoms with E-state index in [1.54, 1.807) is 0 Å². The van der Waals surface area contributed by atoms with Gasteiger partial charge in [-0.2, -0.15) is 0 Å². The molecule has 0 aliphatic carbocycles. The summed E-state index contributed by atoms with van der Waals surface area (Å²) in [4.78, 5) is 0. The Labute approximate surface area is 84.8 Å². The van der Waals surface area contributed by atoms with Gasteiger partial charge in [0.1, 0.15) is 6.71 Å². The first kappa shape index (κ1) is 12.2. The van der Waals surface area contributed by atoms with Gasteiger partial charge in [0.25, 0.3) is 0 Å². The number of halogens is 3. The van der Waals surface area contributed by atoms with Crippen molar-refractivity contribution in [2.45, 2.75) is 38.9 Å². The van der Waals surface area contributed by atoms with Gasteiger partial charge in [-0.25, -0.2) is 0 Å². The van der Waals surface area contributed by atoms with Crippen LogP contribution < -0.4 is 0 Å². The van der Waals surface area contributed by atoms with Gasteiger partial charge in [-0.15, -0.1) is 33.2 Å². The quantitative estimate of drug-likeness (QED) is 0.505. The zero-order chi connectivity index (χ0) is 9.07. The Balaban J connectivity index is 4.09. The van der Waals surface area contributed by atoms with E-state index in [2.05, 4.69) is 20.8 Å². The molecule has 0 aromatic heterocycles. The van der Waals surface area contributed by atoms with Crippen LogP contribution in [0.3, 0.4) is 0 Å². The second-order valence-corrected chi connectivity index (χ2v) is 12.0. The van der Waals surface area contributed by atoms with E-state index in [9.17, 15) is 0 Å². The summed E-state index contributed by atoms with van der Waals surface area (Å²) in [5, 5.41) is 0. The van der Waals surface area contributed by atoms with Crippen molar-refractivity contribution in [2.24, 2.45) is 0 Å². The fraction of sp³-hybridized carbons (Fsp3) is 1.00. The summed E-state index contributed by atoms with van der Waals surface area (Å²) in [5.74, 6) is 0. The Morgan fingerprint density at radius 2 is 1.55 bits per heavy atom. The first-order valence-corrected chi connectivity index (χ1v) is 9.11. The first-order chi connectivity index (χ1) is 4.93. The van der Waals surface area contributed by atoms with E-state index in [4.69, 9.17) is 33.2 Å². The van der Waals surface area contributed by atoms with Gasteiger partial charge in [-0.1, -0.05) is 33.4 Å². The van der Waals surface area contributed by atoms with Crippen LogP contribution in [0.25, 0.3) is 0 Å². The largest absolute Gasteiger partial charge is 0.337 e. The maximum Gasteiger partial charge on any atom is 0.337 e. The minimum atomic E-state index is -2.45. The Morgan fingerprint density at radius 3 is 1.64 bits per heavy atom. The van der Waals surface area contributed by atoms with Crippen LogP contribution in [0, 0.1) is 0 Å². The minimum absolute atomic E-state index is 0.280. The molecule has 0 aromatic carbocycles. The van der Waals surface area contributed by atoms with Crippen LogP contribution in [0.1, 0.15) is 20.8 Å². The van der Waals surface area contributed by atoms with Gasteiger partial charge >= 0.3 is 6.00 Å².